The van der Waals surface area contributed by atoms with E-state index in [1.165, 1.54) is 20.7 Å². The maximum absolute atomic E-state index is 13.3. The number of aryl methyl sites for hydroxylation is 1. The van der Waals surface area contributed by atoms with Crippen LogP contribution in [0.15, 0.2) is 53.6 Å². The Morgan fingerprint density at radius 3 is 2.54 bits per heavy atom. The SMILES string of the molecule is CC/C=C/c1c(C)c2c(c3c1ccn3S(=O)(=O)c1ccccc1)CCC2. The molecular formula is C22H23NO2S. The first-order chi connectivity index (χ1) is 12.6. The molecule has 0 saturated carbocycles. The molecule has 0 spiro atoms. The Morgan fingerprint density at radius 2 is 1.81 bits per heavy atom. The quantitative estimate of drug-likeness (QED) is 0.645. The van der Waals surface area contributed by atoms with Gasteiger partial charge in [0.2, 0.25) is 0 Å². The summed E-state index contributed by atoms with van der Waals surface area (Å²) in [5, 5.41) is 1.03. The molecule has 0 aliphatic heterocycles. The van der Waals surface area contributed by atoms with E-state index in [0.717, 1.165) is 42.1 Å². The summed E-state index contributed by atoms with van der Waals surface area (Å²) >= 11 is 0. The van der Waals surface area contributed by atoms with Crippen LogP contribution in [0.2, 0.25) is 0 Å². The molecule has 0 fully saturated rings. The van der Waals surface area contributed by atoms with Crippen LogP contribution < -0.4 is 0 Å². The molecule has 1 heterocycles. The lowest BCUT2D eigenvalue weighted by Crippen LogP contribution is -2.13. The smallest absolute Gasteiger partial charge is 0.241 e. The Bertz CT molecular complexity index is 1110. The Morgan fingerprint density at radius 1 is 1.08 bits per heavy atom. The fourth-order valence-electron chi connectivity index (χ4n) is 4.07. The Balaban J connectivity index is 2.05. The minimum Gasteiger partial charge on any atom is -0.241 e. The van der Waals surface area contributed by atoms with E-state index in [0.29, 0.717) is 4.90 Å². The number of fused-ring (bicyclic) bond motifs is 3. The van der Waals surface area contributed by atoms with Crippen molar-refractivity contribution in [3.8, 4) is 0 Å². The molecule has 1 aliphatic carbocycles. The minimum absolute atomic E-state index is 0.329. The van der Waals surface area contributed by atoms with Gasteiger partial charge in [-0.05, 0) is 73.1 Å². The molecule has 134 valence electrons. The molecule has 0 N–H and O–H groups in total. The highest BCUT2D eigenvalue weighted by molar-refractivity contribution is 7.90. The van der Waals surface area contributed by atoms with Gasteiger partial charge < -0.3 is 0 Å². The molecule has 26 heavy (non-hydrogen) atoms. The van der Waals surface area contributed by atoms with Gasteiger partial charge >= 0.3 is 0 Å². The van der Waals surface area contributed by atoms with Crippen LogP contribution in [0.4, 0.5) is 0 Å². The van der Waals surface area contributed by atoms with Gasteiger partial charge in [0.05, 0.1) is 10.4 Å². The van der Waals surface area contributed by atoms with E-state index in [1.54, 1.807) is 30.5 Å². The lowest BCUT2D eigenvalue weighted by Gasteiger charge is -2.15. The van der Waals surface area contributed by atoms with Crippen LogP contribution in [0.3, 0.4) is 0 Å². The molecular weight excluding hydrogens is 342 g/mol. The molecule has 4 rings (SSSR count). The number of nitrogens with zero attached hydrogens (tertiary/aromatic N) is 1. The zero-order valence-corrected chi connectivity index (χ0v) is 16.0. The lowest BCUT2D eigenvalue weighted by atomic mass is 9.94. The first-order valence-corrected chi connectivity index (χ1v) is 10.6. The normalized spacial score (nSPS) is 14.4. The minimum atomic E-state index is -3.60. The highest BCUT2D eigenvalue weighted by Gasteiger charge is 2.26. The van der Waals surface area contributed by atoms with Gasteiger partial charge in [0.25, 0.3) is 10.0 Å². The van der Waals surface area contributed by atoms with Gasteiger partial charge in [-0.1, -0.05) is 37.3 Å². The highest BCUT2D eigenvalue weighted by Crippen LogP contribution is 2.38. The number of allylic oxidation sites excluding steroid dienone is 1. The zero-order valence-electron chi connectivity index (χ0n) is 15.2. The van der Waals surface area contributed by atoms with Crippen LogP contribution in [-0.4, -0.2) is 12.4 Å². The van der Waals surface area contributed by atoms with E-state index in [1.807, 2.05) is 12.1 Å². The third-order valence-electron chi connectivity index (χ3n) is 5.32. The third-order valence-corrected chi connectivity index (χ3v) is 7.01. The van der Waals surface area contributed by atoms with Gasteiger partial charge in [-0.25, -0.2) is 12.4 Å². The van der Waals surface area contributed by atoms with Gasteiger partial charge in [0.1, 0.15) is 0 Å². The Hall–Kier alpha value is -2.33. The van der Waals surface area contributed by atoms with E-state index in [9.17, 15) is 8.42 Å². The highest BCUT2D eigenvalue weighted by atomic mass is 32.2. The molecule has 0 amide bonds. The largest absolute Gasteiger partial charge is 0.268 e. The Kier molecular flexibility index (Phi) is 4.23. The molecule has 4 heteroatoms. The van der Waals surface area contributed by atoms with Crippen molar-refractivity contribution in [1.82, 2.24) is 3.97 Å². The summed E-state index contributed by atoms with van der Waals surface area (Å²) < 4.78 is 28.0. The molecule has 0 radical (unpaired) electrons. The maximum Gasteiger partial charge on any atom is 0.268 e. The summed E-state index contributed by atoms with van der Waals surface area (Å²) in [7, 11) is -3.60. The first kappa shape index (κ1) is 17.1. The molecule has 0 saturated heterocycles. The first-order valence-electron chi connectivity index (χ1n) is 9.18. The van der Waals surface area contributed by atoms with Gasteiger partial charge in [0, 0.05) is 11.6 Å². The van der Waals surface area contributed by atoms with Crippen LogP contribution in [-0.2, 0) is 22.9 Å². The van der Waals surface area contributed by atoms with Crippen LogP contribution in [0, 0.1) is 6.92 Å². The van der Waals surface area contributed by atoms with E-state index in [-0.39, 0.29) is 0 Å². The maximum atomic E-state index is 13.3. The van der Waals surface area contributed by atoms with E-state index in [4.69, 9.17) is 0 Å². The van der Waals surface area contributed by atoms with Crippen molar-refractivity contribution >= 4 is 27.0 Å². The average Bonchev–Trinajstić information content (AvgIpc) is 3.29. The lowest BCUT2D eigenvalue weighted by molar-refractivity contribution is 0.589. The number of hydrogen-bond acceptors (Lipinski definition) is 2. The molecule has 3 aromatic rings. The van der Waals surface area contributed by atoms with E-state index in [2.05, 4.69) is 26.0 Å². The van der Waals surface area contributed by atoms with Crippen molar-refractivity contribution in [1.29, 1.82) is 0 Å². The Labute approximate surface area is 155 Å². The molecule has 0 atom stereocenters. The van der Waals surface area contributed by atoms with Gasteiger partial charge in [-0.3, -0.25) is 0 Å². The standard InChI is InChI=1S/C22H23NO2S/c1-3-4-11-18-16(2)19-12-8-13-20(19)22-21(18)14-15-23(22)26(24,25)17-9-6-5-7-10-17/h4-7,9-11,14-15H,3,8,12-13H2,1-2H3/b11-4+. The fourth-order valence-corrected chi connectivity index (χ4v) is 5.47. The summed E-state index contributed by atoms with van der Waals surface area (Å²) in [5.41, 5.74) is 5.85. The topological polar surface area (TPSA) is 39.1 Å². The van der Waals surface area contributed by atoms with Crippen LogP contribution in [0.5, 0.6) is 0 Å². The van der Waals surface area contributed by atoms with Gasteiger partial charge in [-0.15, -0.1) is 0 Å². The summed E-state index contributed by atoms with van der Waals surface area (Å²) in [6.45, 7) is 4.28. The molecule has 2 aromatic carbocycles. The van der Waals surface area contributed by atoms with Crippen LogP contribution >= 0.6 is 0 Å². The van der Waals surface area contributed by atoms with Crippen LogP contribution in [0.1, 0.15) is 42.0 Å². The van der Waals surface area contributed by atoms with Crippen molar-refractivity contribution in [3.63, 3.8) is 0 Å². The predicted molar refractivity (Wildman–Crippen MR) is 107 cm³/mol. The summed E-state index contributed by atoms with van der Waals surface area (Å²) in [5.74, 6) is 0. The van der Waals surface area contributed by atoms with E-state index < -0.39 is 10.0 Å². The summed E-state index contributed by atoms with van der Waals surface area (Å²) in [6.07, 6.45) is 10.0. The molecule has 0 bridgehead atoms. The number of rotatable bonds is 4. The molecule has 0 unspecified atom stereocenters. The summed E-state index contributed by atoms with van der Waals surface area (Å²) in [4.78, 5) is 0.329. The van der Waals surface area contributed by atoms with Gasteiger partial charge in [-0.2, -0.15) is 0 Å². The van der Waals surface area contributed by atoms with Crippen molar-refractivity contribution < 1.29 is 8.42 Å². The fraction of sp³-hybridized carbons (Fsp3) is 0.273. The second kappa shape index (κ2) is 6.44. The van der Waals surface area contributed by atoms with Crippen LogP contribution in [0.25, 0.3) is 17.0 Å². The molecule has 1 aromatic heterocycles. The third kappa shape index (κ3) is 2.52. The second-order valence-corrected chi connectivity index (χ2v) is 8.67. The van der Waals surface area contributed by atoms with Crippen molar-refractivity contribution in [2.45, 2.75) is 44.4 Å². The van der Waals surface area contributed by atoms with Crippen molar-refractivity contribution in [2.24, 2.45) is 0 Å². The molecule has 1 aliphatic rings. The monoisotopic (exact) mass is 365 g/mol. The number of aromatic nitrogens is 1. The number of hydrogen-bond donors (Lipinski definition) is 0. The van der Waals surface area contributed by atoms with Crippen molar-refractivity contribution in [2.75, 3.05) is 0 Å². The van der Waals surface area contributed by atoms with Crippen molar-refractivity contribution in [3.05, 3.63) is 70.9 Å². The average molecular weight is 365 g/mol. The zero-order chi connectivity index (χ0) is 18.3. The number of benzene rings is 2. The second-order valence-electron chi connectivity index (χ2n) is 6.85. The van der Waals surface area contributed by atoms with Gasteiger partial charge in [0.15, 0.2) is 0 Å². The molecule has 3 nitrogen and oxygen atoms in total. The van der Waals surface area contributed by atoms with E-state index >= 15 is 0 Å². The summed E-state index contributed by atoms with van der Waals surface area (Å²) in [6, 6.07) is 10.6. The predicted octanol–water partition coefficient (Wildman–Crippen LogP) is 5.10.